The van der Waals surface area contributed by atoms with Crippen molar-refractivity contribution < 1.29 is 51.0 Å². The first-order valence-corrected chi connectivity index (χ1v) is 41.2. The van der Waals surface area contributed by atoms with E-state index in [1.807, 2.05) is 234 Å². The van der Waals surface area contributed by atoms with Gasteiger partial charge in [-0.15, -0.1) is 0 Å². The molecule has 12 nitrogen and oxygen atoms in total. The van der Waals surface area contributed by atoms with Crippen LogP contribution in [0, 0.1) is 135 Å². The number of hydrogen-bond acceptors (Lipinski definition) is 8. The van der Waals surface area contributed by atoms with Gasteiger partial charge in [0.1, 0.15) is 50.5 Å². The van der Waals surface area contributed by atoms with E-state index in [1.54, 1.807) is 50.1 Å². The average molecular weight is 1640 g/mol. The summed E-state index contributed by atoms with van der Waals surface area (Å²) in [6.45, 7) is 15.9. The third-order valence-corrected chi connectivity index (χ3v) is 24.2. The van der Waals surface area contributed by atoms with Crippen LogP contribution in [0.15, 0.2) is 278 Å². The van der Waals surface area contributed by atoms with E-state index in [4.69, 9.17) is 32.7 Å². The normalized spacial score (nSPS) is 12.7. The summed E-state index contributed by atoms with van der Waals surface area (Å²) in [6, 6.07) is 85.3. The molecule has 8 aromatic heterocycles. The standard InChI is InChI=1S/C29H25N2O.3C28H23N2O/c1-17-15-25(31(5)20(4)19(17)3)26-18(2)14-22(16-30)27-24-13-9-12-23(28(24)32-29(26)27)21-10-7-6-8-11-21;2*1-17-13-19(3)30(4)24(14-17)25-18(2)15-21(16-29)26-23-12-8-11-22(27(23)31-28(25)26)20-9-6-5-7-10-20;1-17-13-14-24(30(4)19(17)3)25-18(2)15-21(16-29)26-23-12-8-11-22(27(23)31-28(25)26)20-9-6-5-7-10-20/h6-15H,1-5H3;3*5-15H,1-4H3/q4*+1/i3D3,15D;13D,14D;;1D3,13D,14D. The Morgan fingerprint density at radius 1 is 0.280 bits per heavy atom. The summed E-state index contributed by atoms with van der Waals surface area (Å²) in [5.41, 5.74) is 29.6. The molecule has 8 heterocycles. The van der Waals surface area contributed by atoms with Crippen LogP contribution in [0.4, 0.5) is 0 Å². The molecule has 0 saturated heterocycles. The number of nitrogens with zero attached hydrogens (tertiary/aromatic N) is 8. The fourth-order valence-electron chi connectivity index (χ4n) is 17.6. The van der Waals surface area contributed by atoms with E-state index in [9.17, 15) is 21.0 Å². The number of fused-ring (bicyclic) bond motifs is 12. The maximum Gasteiger partial charge on any atom is 0.216 e. The number of furan rings is 4. The molecule has 0 aliphatic rings. The lowest BCUT2D eigenvalue weighted by Gasteiger charge is -2.11. The smallest absolute Gasteiger partial charge is 0.216 e. The lowest BCUT2D eigenvalue weighted by atomic mass is 9.94. The van der Waals surface area contributed by atoms with E-state index in [1.165, 1.54) is 11.3 Å². The molecule has 0 fully saturated rings. The van der Waals surface area contributed by atoms with Gasteiger partial charge in [0.2, 0.25) is 22.8 Å². The predicted molar refractivity (Wildman–Crippen MR) is 504 cm³/mol. The van der Waals surface area contributed by atoms with Crippen molar-refractivity contribution in [2.75, 3.05) is 0 Å². The zero-order valence-corrected chi connectivity index (χ0v) is 72.2. The molecule has 0 spiro atoms. The second-order valence-electron chi connectivity index (χ2n) is 32.1. The van der Waals surface area contributed by atoms with Crippen LogP contribution in [0.2, 0.25) is 0 Å². The molecule has 0 unspecified atom stereocenters. The average Bonchev–Trinajstić information content (AvgIpc) is 1.62. The fourth-order valence-corrected chi connectivity index (χ4v) is 17.6. The maximum atomic E-state index is 10.0. The Bertz CT molecular complexity index is 8250. The molecule has 12 aromatic carbocycles. The van der Waals surface area contributed by atoms with Gasteiger partial charge < -0.3 is 17.7 Å². The SMILES string of the molecule is Cc1cc(C)[n+](C)c(-c2c(C)cc(C#N)c3c2oc2c(-c4ccccc4)cccc23)c1.[2H]c1c(C)c(C([2H])([2H])[2H])c(C)[n+](C)c1-c1c(C)cc(C#N)c2c1oc1c(-c3ccccc3)cccc12.[2H]c1c(C)c([2H])c(-c2c(C)cc(C#N)c3c2oc2c(-c4ccccc4)cccc23)[n+](C)c1C.[2H]c1c([2H])c(-c2c(C)cc(C#N)c3c2oc2c(-c4ccccc4)cccc23)[n+](C)c(C)c1C([2H])([2H])[2H]. The van der Waals surface area contributed by atoms with Gasteiger partial charge in [0.25, 0.3) is 0 Å². The highest BCUT2D eigenvalue weighted by atomic mass is 16.3. The third-order valence-electron chi connectivity index (χ3n) is 24.2. The summed E-state index contributed by atoms with van der Waals surface area (Å²) in [7, 11) is 7.42. The van der Waals surface area contributed by atoms with Gasteiger partial charge in [-0.25, -0.2) is 0 Å². The van der Waals surface area contributed by atoms with Crippen LogP contribution in [-0.4, -0.2) is 0 Å². The summed E-state index contributed by atoms with van der Waals surface area (Å²) < 4.78 is 125. The van der Waals surface area contributed by atoms with Gasteiger partial charge in [0, 0.05) is 149 Å². The van der Waals surface area contributed by atoms with Crippen molar-refractivity contribution in [2.45, 2.75) is 89.9 Å². The van der Waals surface area contributed by atoms with E-state index in [2.05, 4.69) is 93.1 Å². The third kappa shape index (κ3) is 14.3. The van der Waals surface area contributed by atoms with Gasteiger partial charge in [0.15, 0.2) is 45.1 Å². The van der Waals surface area contributed by atoms with Crippen LogP contribution in [-0.2, 0) is 28.2 Å². The first-order chi connectivity index (χ1) is 64.9. The number of hydrogen-bond donors (Lipinski definition) is 0. The van der Waals surface area contributed by atoms with Crippen molar-refractivity contribution in [3.63, 3.8) is 0 Å². The predicted octanol–water partition coefficient (Wildman–Crippen LogP) is 26.5. The topological polar surface area (TPSA) is 163 Å². The van der Waals surface area contributed by atoms with Gasteiger partial charge in [-0.1, -0.05) is 194 Å². The highest BCUT2D eigenvalue weighted by Gasteiger charge is 2.32. The fraction of sp³-hybridized carbons (Fsp3) is 0.150. The Kier molecular flexibility index (Phi) is 18.3. The monoisotopic (exact) mass is 1640 g/mol. The van der Waals surface area contributed by atoms with E-state index in [0.29, 0.717) is 129 Å². The molecule has 0 saturated carbocycles. The summed E-state index contributed by atoms with van der Waals surface area (Å²) in [5, 5.41) is 46.3. The Labute approximate surface area is 743 Å². The Balaban J connectivity index is 0.000000126. The molecule has 0 atom stereocenters. The molecule has 606 valence electrons. The van der Waals surface area contributed by atoms with Crippen LogP contribution in [0.25, 0.3) is 177 Å². The molecule has 0 N–H and O–H groups in total. The summed E-state index contributed by atoms with van der Waals surface area (Å²) >= 11 is 0. The largest absolute Gasteiger partial charge is 0.454 e. The van der Waals surface area contributed by atoms with E-state index in [0.717, 1.165) is 133 Å². The number of pyridine rings is 4. The van der Waals surface area contributed by atoms with Crippen molar-refractivity contribution in [1.29, 1.82) is 21.0 Å². The van der Waals surface area contributed by atoms with Gasteiger partial charge in [-0.2, -0.15) is 39.3 Å². The van der Waals surface area contributed by atoms with Gasteiger partial charge in [-0.3, -0.25) is 0 Å². The van der Waals surface area contributed by atoms with Crippen molar-refractivity contribution >= 4 is 87.8 Å². The minimum Gasteiger partial charge on any atom is -0.454 e. The minimum atomic E-state index is -2.52. The molecule has 20 aromatic rings. The molecular formula is C113H94N8O4+4. The zero-order valence-electron chi connectivity index (χ0n) is 83.2. The van der Waals surface area contributed by atoms with Crippen molar-refractivity contribution in [1.82, 2.24) is 0 Å². The molecule has 125 heavy (non-hydrogen) atoms. The number of para-hydroxylation sites is 4. The minimum absolute atomic E-state index is 0.132. The molecule has 0 amide bonds. The van der Waals surface area contributed by atoms with Crippen LogP contribution < -0.4 is 18.3 Å². The van der Waals surface area contributed by atoms with E-state index in [-0.39, 0.29) is 29.3 Å². The van der Waals surface area contributed by atoms with E-state index >= 15 is 0 Å². The lowest BCUT2D eigenvalue weighted by molar-refractivity contribution is -0.667. The van der Waals surface area contributed by atoms with Crippen molar-refractivity contribution in [3.05, 3.63) is 356 Å². The number of aromatic nitrogens is 4. The molecule has 12 heteroatoms. The van der Waals surface area contributed by atoms with Crippen molar-refractivity contribution in [2.24, 2.45) is 28.2 Å². The summed E-state index contributed by atoms with van der Waals surface area (Å²) in [6.07, 6.45) is 0. The first-order valence-electron chi connectivity index (χ1n) is 46.7. The Morgan fingerprint density at radius 2 is 0.608 bits per heavy atom. The maximum absolute atomic E-state index is 10.0. The molecule has 0 aliphatic carbocycles. The van der Waals surface area contributed by atoms with Crippen LogP contribution in [0.5, 0.6) is 0 Å². The number of rotatable bonds is 8. The second-order valence-corrected chi connectivity index (χ2v) is 32.1. The van der Waals surface area contributed by atoms with Crippen LogP contribution in [0.3, 0.4) is 0 Å². The summed E-state index contributed by atoms with van der Waals surface area (Å²) in [4.78, 5) is 0. The Hall–Kier alpha value is -15.6. The number of benzene rings is 12. The highest BCUT2D eigenvalue weighted by molar-refractivity contribution is 6.19. The summed E-state index contributed by atoms with van der Waals surface area (Å²) in [5.74, 6) is 0. The second kappa shape index (κ2) is 33.1. The molecule has 0 aliphatic heterocycles. The molecular weight excluding hydrogens is 1530 g/mol. The zero-order chi connectivity index (χ0) is 97.0. The molecule has 0 radical (unpaired) electrons. The molecule has 0 bridgehead atoms. The van der Waals surface area contributed by atoms with Gasteiger partial charge in [0.05, 0.1) is 75.6 Å². The van der Waals surface area contributed by atoms with Crippen molar-refractivity contribution in [3.8, 4) is 114 Å². The van der Waals surface area contributed by atoms with Gasteiger partial charge >= 0.3 is 0 Å². The van der Waals surface area contributed by atoms with Gasteiger partial charge in [-0.05, 0) is 154 Å². The molecule has 20 rings (SSSR count). The van der Waals surface area contributed by atoms with Crippen LogP contribution in [0.1, 0.15) is 110 Å². The highest BCUT2D eigenvalue weighted by Crippen LogP contribution is 2.48. The quantitative estimate of drug-likeness (QED) is 0.136. The first kappa shape index (κ1) is 69.1. The van der Waals surface area contributed by atoms with Crippen LogP contribution >= 0.6 is 0 Å². The Morgan fingerprint density at radius 3 is 0.952 bits per heavy atom. The van der Waals surface area contributed by atoms with E-state index < -0.39 is 13.7 Å². The number of nitriles is 4. The lowest BCUT2D eigenvalue weighted by Crippen LogP contribution is -2.36. The number of aryl methyl sites for hydroxylation is 6.